The first-order valence-corrected chi connectivity index (χ1v) is 8.43. The lowest BCUT2D eigenvalue weighted by Gasteiger charge is -2.33. The van der Waals surface area contributed by atoms with Gasteiger partial charge in [-0.1, -0.05) is 12.2 Å². The summed E-state index contributed by atoms with van der Waals surface area (Å²) in [4.78, 5) is 25.9. The van der Waals surface area contributed by atoms with Crippen molar-refractivity contribution >= 4 is 17.6 Å². The second-order valence-corrected chi connectivity index (χ2v) is 6.41. The molecule has 0 radical (unpaired) electrons. The number of nitrogens with zero attached hydrogens (tertiary/aromatic N) is 1. The summed E-state index contributed by atoms with van der Waals surface area (Å²) < 4.78 is 10.6. The van der Waals surface area contributed by atoms with Crippen LogP contribution in [0.3, 0.4) is 0 Å². The molecule has 0 saturated carbocycles. The molecule has 1 saturated heterocycles. The highest BCUT2D eigenvalue weighted by Crippen LogP contribution is 2.34. The van der Waals surface area contributed by atoms with Crippen molar-refractivity contribution in [1.29, 1.82) is 0 Å². The SMILES string of the molecule is O=C(NO)C1C=C2CCN(C(=O)Nc3ccc4c(c3)OCO4)CC2=CC1. The quantitative estimate of drug-likeness (QED) is 0.555. The number of hydroxylamine groups is 1. The molecule has 26 heavy (non-hydrogen) atoms. The van der Waals surface area contributed by atoms with Gasteiger partial charge in [-0.2, -0.15) is 0 Å². The summed E-state index contributed by atoms with van der Waals surface area (Å²) >= 11 is 0. The van der Waals surface area contributed by atoms with Crippen LogP contribution in [-0.4, -0.2) is 41.9 Å². The van der Waals surface area contributed by atoms with Gasteiger partial charge in [-0.3, -0.25) is 10.0 Å². The summed E-state index contributed by atoms with van der Waals surface area (Å²) in [5.41, 5.74) is 4.47. The molecule has 136 valence electrons. The number of anilines is 1. The Morgan fingerprint density at radius 2 is 2.04 bits per heavy atom. The number of rotatable bonds is 2. The summed E-state index contributed by atoms with van der Waals surface area (Å²) in [5, 5.41) is 11.6. The molecule has 8 heteroatoms. The van der Waals surface area contributed by atoms with Crippen LogP contribution in [0.5, 0.6) is 11.5 Å². The van der Waals surface area contributed by atoms with E-state index in [1.165, 1.54) is 0 Å². The molecule has 1 aliphatic carbocycles. The zero-order valence-electron chi connectivity index (χ0n) is 14.0. The average Bonchev–Trinajstić information content (AvgIpc) is 3.14. The zero-order chi connectivity index (χ0) is 18.1. The van der Waals surface area contributed by atoms with Gasteiger partial charge in [0.2, 0.25) is 6.79 Å². The molecule has 0 aromatic heterocycles. The van der Waals surface area contributed by atoms with Gasteiger partial charge in [0.15, 0.2) is 11.5 Å². The fraction of sp³-hybridized carbons (Fsp3) is 0.333. The van der Waals surface area contributed by atoms with Crippen LogP contribution in [0.2, 0.25) is 0 Å². The molecule has 0 spiro atoms. The molecule has 1 fully saturated rings. The maximum Gasteiger partial charge on any atom is 0.322 e. The maximum absolute atomic E-state index is 12.6. The molecule has 3 amide bonds. The van der Waals surface area contributed by atoms with Crippen LogP contribution < -0.4 is 20.3 Å². The number of hydrogen-bond acceptors (Lipinski definition) is 5. The monoisotopic (exact) mass is 357 g/mol. The molecule has 3 aliphatic rings. The van der Waals surface area contributed by atoms with Crippen molar-refractivity contribution in [2.45, 2.75) is 12.8 Å². The Balaban J connectivity index is 1.40. The summed E-state index contributed by atoms with van der Waals surface area (Å²) in [6, 6.07) is 5.11. The van der Waals surface area contributed by atoms with Gasteiger partial charge in [-0.15, -0.1) is 0 Å². The van der Waals surface area contributed by atoms with Crippen molar-refractivity contribution in [3.63, 3.8) is 0 Å². The number of benzene rings is 1. The third kappa shape index (κ3) is 3.11. The number of carbonyl (C=O) groups excluding carboxylic acids is 2. The van der Waals surface area contributed by atoms with Gasteiger partial charge >= 0.3 is 6.03 Å². The molecular weight excluding hydrogens is 338 g/mol. The Morgan fingerprint density at radius 3 is 2.88 bits per heavy atom. The van der Waals surface area contributed by atoms with E-state index in [2.05, 4.69) is 5.32 Å². The number of piperidine rings is 1. The minimum absolute atomic E-state index is 0.181. The number of nitrogens with one attached hydrogen (secondary N) is 2. The van der Waals surface area contributed by atoms with E-state index >= 15 is 0 Å². The van der Waals surface area contributed by atoms with Crippen LogP contribution in [0.15, 0.2) is 41.5 Å². The number of fused-ring (bicyclic) bond motifs is 2. The Morgan fingerprint density at radius 1 is 1.19 bits per heavy atom. The van der Waals surface area contributed by atoms with Crippen LogP contribution >= 0.6 is 0 Å². The van der Waals surface area contributed by atoms with E-state index in [0.29, 0.717) is 43.1 Å². The van der Waals surface area contributed by atoms with Crippen molar-refractivity contribution in [2.75, 3.05) is 25.2 Å². The van der Waals surface area contributed by atoms with Gasteiger partial charge in [0.1, 0.15) is 0 Å². The van der Waals surface area contributed by atoms with E-state index in [0.717, 1.165) is 11.1 Å². The van der Waals surface area contributed by atoms with Crippen LogP contribution in [0.4, 0.5) is 10.5 Å². The van der Waals surface area contributed by atoms with Crippen LogP contribution in [-0.2, 0) is 4.79 Å². The highest BCUT2D eigenvalue weighted by atomic mass is 16.7. The number of hydrogen-bond donors (Lipinski definition) is 3. The molecule has 2 aliphatic heterocycles. The smallest absolute Gasteiger partial charge is 0.322 e. The van der Waals surface area contributed by atoms with Crippen molar-refractivity contribution in [3.8, 4) is 11.5 Å². The van der Waals surface area contributed by atoms with Crippen LogP contribution in [0.25, 0.3) is 0 Å². The number of carbonyl (C=O) groups is 2. The summed E-state index contributed by atoms with van der Waals surface area (Å²) in [6.07, 6.45) is 5.04. The summed E-state index contributed by atoms with van der Waals surface area (Å²) in [7, 11) is 0. The summed E-state index contributed by atoms with van der Waals surface area (Å²) in [5.74, 6) is 0.531. The molecule has 1 unspecified atom stereocenters. The van der Waals surface area contributed by atoms with Crippen LogP contribution in [0.1, 0.15) is 12.8 Å². The lowest BCUT2D eigenvalue weighted by molar-refractivity contribution is -0.131. The predicted octanol–water partition coefficient (Wildman–Crippen LogP) is 2.03. The molecule has 1 atom stereocenters. The molecular formula is C18H19N3O5. The molecule has 4 rings (SSSR count). The Labute approximate surface area is 150 Å². The minimum Gasteiger partial charge on any atom is -0.454 e. The van der Waals surface area contributed by atoms with E-state index in [4.69, 9.17) is 14.7 Å². The topological polar surface area (TPSA) is 100 Å². The lowest BCUT2D eigenvalue weighted by Crippen LogP contribution is -2.41. The number of ether oxygens (including phenoxy) is 2. The van der Waals surface area contributed by atoms with Crippen LogP contribution in [0, 0.1) is 5.92 Å². The van der Waals surface area contributed by atoms with Gasteiger partial charge in [0.05, 0.1) is 5.92 Å². The molecule has 3 N–H and O–H groups in total. The van der Waals surface area contributed by atoms with Crippen molar-refractivity contribution in [1.82, 2.24) is 10.4 Å². The van der Waals surface area contributed by atoms with Gasteiger partial charge in [-0.25, -0.2) is 10.3 Å². The second-order valence-electron chi connectivity index (χ2n) is 6.41. The van der Waals surface area contributed by atoms with Gasteiger partial charge in [0.25, 0.3) is 5.91 Å². The maximum atomic E-state index is 12.6. The third-order valence-electron chi connectivity index (χ3n) is 4.80. The van der Waals surface area contributed by atoms with Gasteiger partial charge in [-0.05, 0) is 36.1 Å². The standard InChI is InChI=1S/C18H19N3O5/c22-17(20-24)12-1-2-13-9-21(6-5-11(13)7-12)18(23)19-14-3-4-15-16(8-14)26-10-25-15/h2-4,7-8,12,24H,1,5-6,9-10H2,(H,19,23)(H,20,22). The zero-order valence-corrected chi connectivity index (χ0v) is 14.0. The number of likely N-dealkylation sites (tertiary alicyclic amines) is 1. The Kier molecular flexibility index (Phi) is 4.26. The lowest BCUT2D eigenvalue weighted by atomic mass is 9.86. The fourth-order valence-corrected chi connectivity index (χ4v) is 3.38. The van der Waals surface area contributed by atoms with E-state index < -0.39 is 5.91 Å². The van der Waals surface area contributed by atoms with Crippen molar-refractivity contribution < 1.29 is 24.3 Å². The van der Waals surface area contributed by atoms with E-state index in [9.17, 15) is 9.59 Å². The molecule has 2 heterocycles. The first kappa shape index (κ1) is 16.5. The largest absolute Gasteiger partial charge is 0.454 e. The minimum atomic E-state index is -0.407. The van der Waals surface area contributed by atoms with E-state index in [1.807, 2.05) is 12.2 Å². The number of amides is 3. The molecule has 0 bridgehead atoms. The van der Waals surface area contributed by atoms with Gasteiger partial charge in [0, 0.05) is 24.8 Å². The molecule has 1 aromatic rings. The van der Waals surface area contributed by atoms with Crippen molar-refractivity contribution in [3.05, 3.63) is 41.5 Å². The second kappa shape index (κ2) is 6.72. The third-order valence-corrected chi connectivity index (χ3v) is 4.80. The normalized spacial score (nSPS) is 20.7. The molecule has 8 nitrogen and oxygen atoms in total. The number of urea groups is 1. The molecule has 1 aromatic carbocycles. The average molecular weight is 357 g/mol. The Bertz CT molecular complexity index is 817. The number of allylic oxidation sites excluding steroid dienone is 1. The fourth-order valence-electron chi connectivity index (χ4n) is 3.38. The van der Waals surface area contributed by atoms with E-state index in [-0.39, 0.29) is 18.7 Å². The van der Waals surface area contributed by atoms with E-state index in [1.54, 1.807) is 28.6 Å². The summed E-state index contributed by atoms with van der Waals surface area (Å²) in [6.45, 7) is 1.25. The highest BCUT2D eigenvalue weighted by molar-refractivity contribution is 5.90. The van der Waals surface area contributed by atoms with Crippen molar-refractivity contribution in [2.24, 2.45) is 5.92 Å². The first-order valence-electron chi connectivity index (χ1n) is 8.43. The highest BCUT2D eigenvalue weighted by Gasteiger charge is 2.28. The Hall–Kier alpha value is -3.00. The first-order chi connectivity index (χ1) is 12.6. The van der Waals surface area contributed by atoms with Gasteiger partial charge < -0.3 is 19.7 Å². The predicted molar refractivity (Wildman–Crippen MR) is 92.0 cm³/mol.